The Labute approximate surface area is 104 Å². The van der Waals surface area contributed by atoms with Crippen molar-refractivity contribution in [2.24, 2.45) is 5.92 Å². The topological polar surface area (TPSA) is 9.23 Å². The maximum atomic E-state index is 6.01. The summed E-state index contributed by atoms with van der Waals surface area (Å²) in [6, 6.07) is 5.84. The number of hydrogen-bond donors (Lipinski definition) is 0. The van der Waals surface area contributed by atoms with Gasteiger partial charge in [-0.25, -0.2) is 0 Å². The summed E-state index contributed by atoms with van der Waals surface area (Å²) in [6.07, 6.45) is 4.87. The van der Waals surface area contributed by atoms with Crippen LogP contribution in [0.2, 0.25) is 5.02 Å². The van der Waals surface area contributed by atoms with Gasteiger partial charge in [-0.15, -0.1) is 0 Å². The molecule has 0 fully saturated rings. The van der Waals surface area contributed by atoms with Crippen LogP contribution in [-0.2, 0) is 6.42 Å². The third kappa shape index (κ3) is 4.05. The fraction of sp³-hybridized carbons (Fsp3) is 0.571. The Balaban J connectivity index is 2.67. The number of halogens is 1. The van der Waals surface area contributed by atoms with Gasteiger partial charge in [-0.1, -0.05) is 44.7 Å². The number of benzene rings is 1. The molecule has 0 amide bonds. The highest BCUT2D eigenvalue weighted by atomic mass is 35.5. The normalized spacial score (nSPS) is 12.5. The van der Waals surface area contributed by atoms with Gasteiger partial charge in [0.1, 0.15) is 5.75 Å². The molecule has 2 heteroatoms. The smallest absolute Gasteiger partial charge is 0.122 e. The zero-order valence-corrected chi connectivity index (χ0v) is 11.2. The Kier molecular flexibility index (Phi) is 5.68. The van der Waals surface area contributed by atoms with Crippen molar-refractivity contribution in [1.29, 1.82) is 0 Å². The fourth-order valence-electron chi connectivity index (χ4n) is 1.94. The zero-order chi connectivity index (χ0) is 12.0. The summed E-state index contributed by atoms with van der Waals surface area (Å²) in [6.45, 7) is 4.52. The van der Waals surface area contributed by atoms with Gasteiger partial charge in [0, 0.05) is 5.02 Å². The molecular weight excluding hydrogens is 220 g/mol. The predicted octanol–water partition coefficient (Wildman–Crippen LogP) is 4.72. The van der Waals surface area contributed by atoms with E-state index < -0.39 is 0 Å². The van der Waals surface area contributed by atoms with Crippen LogP contribution in [0.15, 0.2) is 18.2 Å². The molecule has 90 valence electrons. The molecule has 1 aromatic rings. The standard InChI is InChI=1S/C14H21ClO/c1-4-5-6-11(2)9-12-10-13(15)7-8-14(12)16-3/h7-8,10-11H,4-6,9H2,1-3H3. The van der Waals surface area contributed by atoms with Crippen LogP contribution in [0, 0.1) is 5.92 Å². The first-order valence-electron chi connectivity index (χ1n) is 5.99. The van der Waals surface area contributed by atoms with Crippen LogP contribution in [-0.4, -0.2) is 7.11 Å². The average Bonchev–Trinajstić information content (AvgIpc) is 2.27. The lowest BCUT2D eigenvalue weighted by Gasteiger charge is -2.14. The quantitative estimate of drug-likeness (QED) is 0.699. The summed E-state index contributed by atoms with van der Waals surface area (Å²) < 4.78 is 5.35. The summed E-state index contributed by atoms with van der Waals surface area (Å²) >= 11 is 6.01. The van der Waals surface area contributed by atoms with E-state index in [0.29, 0.717) is 5.92 Å². The van der Waals surface area contributed by atoms with Gasteiger partial charge in [0.2, 0.25) is 0 Å². The highest BCUT2D eigenvalue weighted by Crippen LogP contribution is 2.26. The SMILES string of the molecule is CCCCC(C)Cc1cc(Cl)ccc1OC. The summed E-state index contributed by atoms with van der Waals surface area (Å²) in [4.78, 5) is 0. The second kappa shape index (κ2) is 6.80. The van der Waals surface area contributed by atoms with Crippen LogP contribution < -0.4 is 4.74 Å². The minimum atomic E-state index is 0.687. The molecule has 0 saturated heterocycles. The second-order valence-electron chi connectivity index (χ2n) is 4.41. The van der Waals surface area contributed by atoms with Gasteiger partial charge in [0.05, 0.1) is 7.11 Å². The van der Waals surface area contributed by atoms with E-state index in [9.17, 15) is 0 Å². The van der Waals surface area contributed by atoms with E-state index in [0.717, 1.165) is 17.2 Å². The van der Waals surface area contributed by atoms with E-state index in [1.165, 1.54) is 24.8 Å². The van der Waals surface area contributed by atoms with Crippen molar-refractivity contribution >= 4 is 11.6 Å². The maximum absolute atomic E-state index is 6.01. The van der Waals surface area contributed by atoms with E-state index >= 15 is 0 Å². The minimum absolute atomic E-state index is 0.687. The molecule has 0 bridgehead atoms. The van der Waals surface area contributed by atoms with Gasteiger partial charge < -0.3 is 4.74 Å². The Morgan fingerprint density at radius 2 is 2.12 bits per heavy atom. The van der Waals surface area contributed by atoms with Crippen molar-refractivity contribution in [3.63, 3.8) is 0 Å². The van der Waals surface area contributed by atoms with Crippen molar-refractivity contribution in [2.75, 3.05) is 7.11 Å². The number of rotatable bonds is 6. The fourth-order valence-corrected chi connectivity index (χ4v) is 2.13. The molecule has 0 aliphatic rings. The van der Waals surface area contributed by atoms with Crippen LogP contribution in [0.1, 0.15) is 38.7 Å². The maximum Gasteiger partial charge on any atom is 0.122 e. The molecule has 1 unspecified atom stereocenters. The second-order valence-corrected chi connectivity index (χ2v) is 4.84. The molecule has 0 aliphatic heterocycles. The summed E-state index contributed by atoms with van der Waals surface area (Å²) in [5.41, 5.74) is 1.22. The van der Waals surface area contributed by atoms with Crippen molar-refractivity contribution in [3.05, 3.63) is 28.8 Å². The average molecular weight is 241 g/mol. The zero-order valence-electron chi connectivity index (χ0n) is 10.4. The molecule has 0 saturated carbocycles. The molecule has 0 radical (unpaired) electrons. The lowest BCUT2D eigenvalue weighted by Crippen LogP contribution is -2.01. The summed E-state index contributed by atoms with van der Waals surface area (Å²) in [7, 11) is 1.71. The van der Waals surface area contributed by atoms with Crippen molar-refractivity contribution in [3.8, 4) is 5.75 Å². The molecular formula is C14H21ClO. The van der Waals surface area contributed by atoms with Gasteiger partial charge >= 0.3 is 0 Å². The van der Waals surface area contributed by atoms with Gasteiger partial charge in [-0.05, 0) is 36.1 Å². The number of ether oxygens (including phenoxy) is 1. The highest BCUT2D eigenvalue weighted by Gasteiger charge is 2.08. The minimum Gasteiger partial charge on any atom is -0.496 e. The van der Waals surface area contributed by atoms with Gasteiger partial charge in [0.25, 0.3) is 0 Å². The molecule has 16 heavy (non-hydrogen) atoms. The third-order valence-electron chi connectivity index (χ3n) is 2.86. The number of hydrogen-bond acceptors (Lipinski definition) is 1. The van der Waals surface area contributed by atoms with E-state index in [4.69, 9.17) is 16.3 Å². The van der Waals surface area contributed by atoms with Gasteiger partial charge in [-0.3, -0.25) is 0 Å². The monoisotopic (exact) mass is 240 g/mol. The summed E-state index contributed by atoms with van der Waals surface area (Å²) in [5.74, 6) is 1.64. The highest BCUT2D eigenvalue weighted by molar-refractivity contribution is 6.30. The lowest BCUT2D eigenvalue weighted by molar-refractivity contribution is 0.403. The Morgan fingerprint density at radius 1 is 1.38 bits per heavy atom. The van der Waals surface area contributed by atoms with Crippen LogP contribution in [0.4, 0.5) is 0 Å². The van der Waals surface area contributed by atoms with Crippen LogP contribution in [0.25, 0.3) is 0 Å². The summed E-state index contributed by atoms with van der Waals surface area (Å²) in [5, 5.41) is 0.790. The van der Waals surface area contributed by atoms with E-state index in [2.05, 4.69) is 13.8 Å². The van der Waals surface area contributed by atoms with Gasteiger partial charge in [-0.2, -0.15) is 0 Å². The van der Waals surface area contributed by atoms with Gasteiger partial charge in [0.15, 0.2) is 0 Å². The number of methoxy groups -OCH3 is 1. The van der Waals surface area contributed by atoms with Crippen molar-refractivity contribution in [1.82, 2.24) is 0 Å². The van der Waals surface area contributed by atoms with Crippen LogP contribution in [0.5, 0.6) is 5.75 Å². The molecule has 1 rings (SSSR count). The Morgan fingerprint density at radius 3 is 2.75 bits per heavy atom. The Hall–Kier alpha value is -0.690. The van der Waals surface area contributed by atoms with Crippen molar-refractivity contribution < 1.29 is 4.74 Å². The molecule has 1 nitrogen and oxygen atoms in total. The molecule has 0 N–H and O–H groups in total. The van der Waals surface area contributed by atoms with E-state index in [-0.39, 0.29) is 0 Å². The third-order valence-corrected chi connectivity index (χ3v) is 3.10. The first-order valence-corrected chi connectivity index (χ1v) is 6.37. The molecule has 0 heterocycles. The van der Waals surface area contributed by atoms with Crippen LogP contribution in [0.3, 0.4) is 0 Å². The molecule has 1 atom stereocenters. The first-order chi connectivity index (χ1) is 7.67. The van der Waals surface area contributed by atoms with Crippen LogP contribution >= 0.6 is 11.6 Å². The molecule has 1 aromatic carbocycles. The predicted molar refractivity (Wildman–Crippen MR) is 70.4 cm³/mol. The molecule has 0 spiro atoms. The largest absolute Gasteiger partial charge is 0.496 e. The molecule has 0 aromatic heterocycles. The molecule has 0 aliphatic carbocycles. The van der Waals surface area contributed by atoms with Crippen molar-refractivity contribution in [2.45, 2.75) is 39.5 Å². The first kappa shape index (κ1) is 13.4. The number of unbranched alkanes of at least 4 members (excludes halogenated alkanes) is 1. The van der Waals surface area contributed by atoms with E-state index in [1.807, 2.05) is 18.2 Å². The lowest BCUT2D eigenvalue weighted by atomic mass is 9.95. The Bertz CT molecular complexity index is 323. The van der Waals surface area contributed by atoms with E-state index in [1.54, 1.807) is 7.11 Å².